The van der Waals surface area contributed by atoms with Crippen molar-refractivity contribution in [3.63, 3.8) is 0 Å². The molecule has 0 bridgehead atoms. The van der Waals surface area contributed by atoms with E-state index in [9.17, 15) is 4.79 Å². The first-order chi connectivity index (χ1) is 10.1. The number of hydrogen-bond acceptors (Lipinski definition) is 4. The molecular formula is C14H25N5O2. The summed E-state index contributed by atoms with van der Waals surface area (Å²) in [6.45, 7) is 9.05. The second-order valence-electron chi connectivity index (χ2n) is 5.79. The van der Waals surface area contributed by atoms with Gasteiger partial charge >= 0.3 is 6.03 Å². The third-order valence-electron chi connectivity index (χ3n) is 3.33. The van der Waals surface area contributed by atoms with Crippen molar-refractivity contribution in [3.05, 3.63) is 18.0 Å². The number of carbonyl (C=O) groups excluding carboxylic acids is 1. The second-order valence-corrected chi connectivity index (χ2v) is 5.79. The normalized spacial score (nSPS) is 19.7. The number of aromatic amines is 1. The molecule has 7 heteroatoms. The lowest BCUT2D eigenvalue weighted by Gasteiger charge is -2.33. The van der Waals surface area contributed by atoms with Crippen molar-refractivity contribution in [2.45, 2.75) is 26.5 Å². The first kappa shape index (κ1) is 15.8. The average molecular weight is 295 g/mol. The minimum Gasteiger partial charge on any atom is -0.374 e. The standard InChI is InChI=1S/C14H25N5O2/c1-11(2)9-19-5-6-21-13(10-19)8-16-14(20)15-7-12-3-4-17-18-12/h3-4,11,13H,5-10H2,1-2H3,(H,17,18)(H2,15,16,20). The lowest BCUT2D eigenvalue weighted by molar-refractivity contribution is -0.0290. The molecule has 118 valence electrons. The van der Waals surface area contributed by atoms with E-state index in [4.69, 9.17) is 4.74 Å². The monoisotopic (exact) mass is 295 g/mol. The SMILES string of the molecule is CC(C)CN1CCOC(CNC(=O)NCc2ccn[nH]2)C1. The Morgan fingerprint density at radius 2 is 2.43 bits per heavy atom. The molecule has 21 heavy (non-hydrogen) atoms. The number of ether oxygens (including phenoxy) is 1. The molecule has 2 amide bonds. The number of morpholine rings is 1. The van der Waals surface area contributed by atoms with Gasteiger partial charge in [-0.2, -0.15) is 5.10 Å². The summed E-state index contributed by atoms with van der Waals surface area (Å²) in [7, 11) is 0. The molecular weight excluding hydrogens is 270 g/mol. The molecule has 2 rings (SSSR count). The van der Waals surface area contributed by atoms with Crippen LogP contribution in [0.1, 0.15) is 19.5 Å². The molecule has 1 aromatic heterocycles. The maximum Gasteiger partial charge on any atom is 0.315 e. The molecule has 3 N–H and O–H groups in total. The van der Waals surface area contributed by atoms with Gasteiger partial charge in [-0.3, -0.25) is 10.00 Å². The summed E-state index contributed by atoms with van der Waals surface area (Å²) in [4.78, 5) is 14.1. The number of aromatic nitrogens is 2. The molecule has 0 radical (unpaired) electrons. The van der Waals surface area contributed by atoms with Gasteiger partial charge in [-0.1, -0.05) is 13.8 Å². The maximum absolute atomic E-state index is 11.7. The molecule has 0 aliphatic carbocycles. The lowest BCUT2D eigenvalue weighted by atomic mass is 10.2. The third-order valence-corrected chi connectivity index (χ3v) is 3.33. The fourth-order valence-electron chi connectivity index (χ4n) is 2.41. The highest BCUT2D eigenvalue weighted by atomic mass is 16.5. The molecule has 7 nitrogen and oxygen atoms in total. The second kappa shape index (κ2) is 7.99. The number of carbonyl (C=O) groups is 1. The van der Waals surface area contributed by atoms with E-state index >= 15 is 0 Å². The zero-order chi connectivity index (χ0) is 15.1. The quantitative estimate of drug-likeness (QED) is 0.716. The van der Waals surface area contributed by atoms with E-state index in [1.807, 2.05) is 6.07 Å². The van der Waals surface area contributed by atoms with E-state index in [0.29, 0.717) is 19.0 Å². The summed E-state index contributed by atoms with van der Waals surface area (Å²) < 4.78 is 5.69. The third kappa shape index (κ3) is 5.73. The van der Waals surface area contributed by atoms with Crippen molar-refractivity contribution in [1.82, 2.24) is 25.7 Å². The molecule has 1 unspecified atom stereocenters. The fourth-order valence-corrected chi connectivity index (χ4v) is 2.41. The minimum absolute atomic E-state index is 0.0652. The van der Waals surface area contributed by atoms with Crippen molar-refractivity contribution in [1.29, 1.82) is 0 Å². The number of hydrogen-bond donors (Lipinski definition) is 3. The zero-order valence-electron chi connectivity index (χ0n) is 12.8. The lowest BCUT2D eigenvalue weighted by Crippen LogP contribution is -2.49. The Labute approximate surface area is 125 Å². The van der Waals surface area contributed by atoms with E-state index in [2.05, 4.69) is 39.6 Å². The number of nitrogens with one attached hydrogen (secondary N) is 3. The van der Waals surface area contributed by atoms with Crippen LogP contribution in [0.4, 0.5) is 4.79 Å². The van der Waals surface area contributed by atoms with Crippen LogP contribution in [-0.2, 0) is 11.3 Å². The Morgan fingerprint density at radius 1 is 1.57 bits per heavy atom. The van der Waals surface area contributed by atoms with Gasteiger partial charge in [0.15, 0.2) is 0 Å². The topological polar surface area (TPSA) is 82.3 Å². The van der Waals surface area contributed by atoms with Crippen LogP contribution in [0, 0.1) is 5.92 Å². The van der Waals surface area contributed by atoms with E-state index in [-0.39, 0.29) is 12.1 Å². The van der Waals surface area contributed by atoms with Crippen LogP contribution in [-0.4, -0.2) is 60.0 Å². The largest absolute Gasteiger partial charge is 0.374 e. The van der Waals surface area contributed by atoms with Crippen LogP contribution in [0.2, 0.25) is 0 Å². The van der Waals surface area contributed by atoms with Crippen molar-refractivity contribution >= 4 is 6.03 Å². The van der Waals surface area contributed by atoms with Crippen LogP contribution >= 0.6 is 0 Å². The zero-order valence-corrected chi connectivity index (χ0v) is 12.8. The van der Waals surface area contributed by atoms with Gasteiger partial charge in [0.1, 0.15) is 0 Å². The van der Waals surface area contributed by atoms with Gasteiger partial charge in [0.2, 0.25) is 0 Å². The number of nitrogens with zero attached hydrogens (tertiary/aromatic N) is 2. The molecule has 1 saturated heterocycles. The molecule has 1 aromatic rings. The maximum atomic E-state index is 11.7. The summed E-state index contributed by atoms with van der Waals surface area (Å²) in [5.41, 5.74) is 0.877. The van der Waals surface area contributed by atoms with Gasteiger partial charge in [0.05, 0.1) is 24.9 Å². The van der Waals surface area contributed by atoms with Gasteiger partial charge in [-0.25, -0.2) is 4.79 Å². The molecule has 1 aliphatic rings. The molecule has 2 heterocycles. The van der Waals surface area contributed by atoms with Gasteiger partial charge < -0.3 is 15.4 Å². The summed E-state index contributed by atoms with van der Waals surface area (Å²) in [5.74, 6) is 0.648. The van der Waals surface area contributed by atoms with Crippen molar-refractivity contribution in [3.8, 4) is 0 Å². The van der Waals surface area contributed by atoms with Gasteiger partial charge in [-0.05, 0) is 12.0 Å². The predicted molar refractivity (Wildman–Crippen MR) is 79.8 cm³/mol. The Morgan fingerprint density at radius 3 is 3.14 bits per heavy atom. The summed E-state index contributed by atoms with van der Waals surface area (Å²) in [6, 6.07) is 1.64. The number of urea groups is 1. The highest BCUT2D eigenvalue weighted by Crippen LogP contribution is 2.07. The number of H-pyrrole nitrogens is 1. The van der Waals surface area contributed by atoms with Gasteiger partial charge in [0.25, 0.3) is 0 Å². The first-order valence-electron chi connectivity index (χ1n) is 7.47. The Balaban J connectivity index is 1.63. The first-order valence-corrected chi connectivity index (χ1v) is 7.47. The van der Waals surface area contributed by atoms with Crippen LogP contribution in [0.5, 0.6) is 0 Å². The molecule has 0 spiro atoms. The number of amides is 2. The van der Waals surface area contributed by atoms with E-state index in [1.54, 1.807) is 6.20 Å². The van der Waals surface area contributed by atoms with Crippen LogP contribution < -0.4 is 10.6 Å². The van der Waals surface area contributed by atoms with Crippen LogP contribution in [0.15, 0.2) is 12.3 Å². The van der Waals surface area contributed by atoms with E-state index in [1.165, 1.54) is 0 Å². The number of rotatable bonds is 6. The summed E-state index contributed by atoms with van der Waals surface area (Å²) >= 11 is 0. The Bertz CT molecular complexity index is 421. The highest BCUT2D eigenvalue weighted by molar-refractivity contribution is 5.73. The van der Waals surface area contributed by atoms with Crippen molar-refractivity contribution in [2.75, 3.05) is 32.8 Å². The summed E-state index contributed by atoms with van der Waals surface area (Å²) in [6.07, 6.45) is 1.73. The molecule has 1 fully saturated rings. The molecule has 0 saturated carbocycles. The predicted octanol–water partition coefficient (Wildman–Crippen LogP) is 0.566. The minimum atomic E-state index is -0.186. The molecule has 1 aliphatic heterocycles. The molecule has 1 atom stereocenters. The highest BCUT2D eigenvalue weighted by Gasteiger charge is 2.21. The van der Waals surface area contributed by atoms with E-state index in [0.717, 1.165) is 31.9 Å². The Kier molecular flexibility index (Phi) is 6.01. The van der Waals surface area contributed by atoms with Crippen LogP contribution in [0.3, 0.4) is 0 Å². The fraction of sp³-hybridized carbons (Fsp3) is 0.714. The van der Waals surface area contributed by atoms with Crippen LogP contribution in [0.25, 0.3) is 0 Å². The Hall–Kier alpha value is -1.60. The van der Waals surface area contributed by atoms with Crippen molar-refractivity contribution in [2.24, 2.45) is 5.92 Å². The van der Waals surface area contributed by atoms with E-state index < -0.39 is 0 Å². The smallest absolute Gasteiger partial charge is 0.315 e. The average Bonchev–Trinajstić information content (AvgIpc) is 2.96. The van der Waals surface area contributed by atoms with Gasteiger partial charge in [-0.15, -0.1) is 0 Å². The summed E-state index contributed by atoms with van der Waals surface area (Å²) in [5, 5.41) is 12.3. The van der Waals surface area contributed by atoms with Gasteiger partial charge in [0, 0.05) is 32.4 Å². The van der Waals surface area contributed by atoms with Crippen molar-refractivity contribution < 1.29 is 9.53 Å². The molecule has 0 aromatic carbocycles.